The molecule has 4 fully saturated rings. The Morgan fingerprint density at radius 1 is 1.00 bits per heavy atom. The second-order valence-electron chi connectivity index (χ2n) is 9.59. The highest BCUT2D eigenvalue weighted by atomic mass is 32.2. The van der Waals surface area contributed by atoms with Crippen LogP contribution in [0.15, 0.2) is 29.2 Å². The summed E-state index contributed by atoms with van der Waals surface area (Å²) in [6.07, 6.45) is 8.73. The van der Waals surface area contributed by atoms with Crippen LogP contribution >= 0.6 is 0 Å². The molecule has 4 aliphatic carbocycles. The summed E-state index contributed by atoms with van der Waals surface area (Å²) < 4.78 is 29.3. The van der Waals surface area contributed by atoms with E-state index in [9.17, 15) is 8.42 Å². The van der Waals surface area contributed by atoms with Gasteiger partial charge in [-0.1, -0.05) is 32.9 Å². The van der Waals surface area contributed by atoms with Gasteiger partial charge in [-0.2, -0.15) is 0 Å². The zero-order valence-corrected chi connectivity index (χ0v) is 17.2. The van der Waals surface area contributed by atoms with Gasteiger partial charge in [0.2, 0.25) is 10.0 Å². The first-order valence-electron chi connectivity index (χ1n) is 10.4. The largest absolute Gasteiger partial charge is 0.240 e. The lowest BCUT2D eigenvalue weighted by Crippen LogP contribution is -2.56. The molecular weight excluding hydrogens is 342 g/mol. The third kappa shape index (κ3) is 3.24. The molecule has 0 spiro atoms. The van der Waals surface area contributed by atoms with Crippen LogP contribution in [0.5, 0.6) is 0 Å². The van der Waals surface area contributed by atoms with Gasteiger partial charge in [-0.3, -0.25) is 0 Å². The van der Waals surface area contributed by atoms with Gasteiger partial charge in [0.05, 0.1) is 4.90 Å². The SMILES string of the molecule is CCC(NS(=O)(=O)c1ccc(C(C)C)cc1)C12CC3CC(CC(C3)C1)C2. The lowest BCUT2D eigenvalue weighted by Gasteiger charge is -2.59. The molecule has 144 valence electrons. The van der Waals surface area contributed by atoms with Crippen LogP contribution < -0.4 is 4.72 Å². The van der Waals surface area contributed by atoms with Gasteiger partial charge in [-0.05, 0) is 91.7 Å². The molecule has 4 heteroatoms. The minimum Gasteiger partial charge on any atom is -0.208 e. The normalized spacial score (nSPS) is 34.4. The van der Waals surface area contributed by atoms with Crippen molar-refractivity contribution in [3.05, 3.63) is 29.8 Å². The highest BCUT2D eigenvalue weighted by molar-refractivity contribution is 7.89. The van der Waals surface area contributed by atoms with Crippen molar-refractivity contribution in [1.82, 2.24) is 4.72 Å². The van der Waals surface area contributed by atoms with Crippen LogP contribution in [0.1, 0.15) is 77.2 Å². The Morgan fingerprint density at radius 2 is 1.50 bits per heavy atom. The van der Waals surface area contributed by atoms with E-state index in [0.29, 0.717) is 10.8 Å². The van der Waals surface area contributed by atoms with Crippen molar-refractivity contribution >= 4 is 10.0 Å². The van der Waals surface area contributed by atoms with Gasteiger partial charge < -0.3 is 0 Å². The van der Waals surface area contributed by atoms with Crippen LogP contribution in [0.3, 0.4) is 0 Å². The highest BCUT2D eigenvalue weighted by Gasteiger charge is 2.54. The molecule has 0 amide bonds. The number of sulfonamides is 1. The van der Waals surface area contributed by atoms with Gasteiger partial charge in [0, 0.05) is 6.04 Å². The number of rotatable bonds is 6. The fourth-order valence-corrected chi connectivity index (χ4v) is 7.95. The number of nitrogens with one attached hydrogen (secondary N) is 1. The molecule has 5 rings (SSSR count). The molecule has 0 radical (unpaired) electrons. The number of hydrogen-bond donors (Lipinski definition) is 1. The fraction of sp³-hybridized carbons (Fsp3) is 0.727. The van der Waals surface area contributed by atoms with Gasteiger partial charge in [-0.15, -0.1) is 0 Å². The second kappa shape index (κ2) is 6.63. The third-order valence-corrected chi connectivity index (χ3v) is 8.88. The van der Waals surface area contributed by atoms with E-state index in [0.717, 1.165) is 24.2 Å². The Morgan fingerprint density at radius 3 is 1.92 bits per heavy atom. The first kappa shape index (κ1) is 18.5. The molecule has 4 bridgehead atoms. The molecule has 0 saturated heterocycles. The van der Waals surface area contributed by atoms with Crippen molar-refractivity contribution in [1.29, 1.82) is 0 Å². The Kier molecular flexibility index (Phi) is 4.71. The lowest BCUT2D eigenvalue weighted by atomic mass is 9.47. The summed E-state index contributed by atoms with van der Waals surface area (Å²) in [7, 11) is -3.46. The molecule has 3 nitrogen and oxygen atoms in total. The average Bonchev–Trinajstić information content (AvgIpc) is 2.58. The smallest absolute Gasteiger partial charge is 0.208 e. The summed E-state index contributed by atoms with van der Waals surface area (Å²) in [6, 6.07) is 7.51. The fourth-order valence-electron chi connectivity index (χ4n) is 6.53. The molecule has 4 saturated carbocycles. The molecule has 1 N–H and O–H groups in total. The molecule has 4 aliphatic rings. The molecule has 1 unspecified atom stereocenters. The van der Waals surface area contributed by atoms with Crippen molar-refractivity contribution in [2.24, 2.45) is 23.2 Å². The summed E-state index contributed by atoms with van der Waals surface area (Å²) in [5, 5.41) is 0. The predicted molar refractivity (Wildman–Crippen MR) is 106 cm³/mol. The molecular formula is C22H33NO2S. The summed E-state index contributed by atoms with van der Waals surface area (Å²) in [4.78, 5) is 0.407. The maximum absolute atomic E-state index is 13.1. The van der Waals surface area contributed by atoms with Crippen LogP contribution in [0.25, 0.3) is 0 Å². The Hall–Kier alpha value is -0.870. The first-order chi connectivity index (χ1) is 12.3. The van der Waals surface area contributed by atoms with Gasteiger partial charge in [-0.25, -0.2) is 13.1 Å². The predicted octanol–water partition coefficient (Wildman–Crippen LogP) is 5.08. The molecule has 1 aromatic rings. The first-order valence-corrected chi connectivity index (χ1v) is 11.9. The van der Waals surface area contributed by atoms with Crippen molar-refractivity contribution in [3.8, 4) is 0 Å². The topological polar surface area (TPSA) is 46.2 Å². The maximum Gasteiger partial charge on any atom is 0.240 e. The molecule has 26 heavy (non-hydrogen) atoms. The van der Waals surface area contributed by atoms with Crippen LogP contribution in [-0.4, -0.2) is 14.5 Å². The van der Waals surface area contributed by atoms with Gasteiger partial charge in [0.15, 0.2) is 0 Å². The molecule has 1 aromatic carbocycles. The van der Waals surface area contributed by atoms with E-state index < -0.39 is 10.0 Å². The molecule has 0 aliphatic heterocycles. The zero-order chi connectivity index (χ0) is 18.5. The van der Waals surface area contributed by atoms with E-state index in [2.05, 4.69) is 25.5 Å². The van der Waals surface area contributed by atoms with E-state index in [1.807, 2.05) is 12.1 Å². The average molecular weight is 376 g/mol. The lowest BCUT2D eigenvalue weighted by molar-refractivity contribution is -0.0704. The van der Waals surface area contributed by atoms with Crippen LogP contribution in [0.2, 0.25) is 0 Å². The quantitative estimate of drug-likeness (QED) is 0.753. The zero-order valence-electron chi connectivity index (χ0n) is 16.4. The van der Waals surface area contributed by atoms with E-state index in [4.69, 9.17) is 0 Å². The minimum atomic E-state index is -3.46. The van der Waals surface area contributed by atoms with Crippen molar-refractivity contribution in [2.45, 2.75) is 82.6 Å². The Bertz CT molecular complexity index is 716. The summed E-state index contributed by atoms with van der Waals surface area (Å²) >= 11 is 0. The molecule has 1 atom stereocenters. The van der Waals surface area contributed by atoms with E-state index >= 15 is 0 Å². The van der Waals surface area contributed by atoms with Crippen LogP contribution in [0.4, 0.5) is 0 Å². The summed E-state index contributed by atoms with van der Waals surface area (Å²) in [5.74, 6) is 2.93. The van der Waals surface area contributed by atoms with Crippen molar-refractivity contribution in [3.63, 3.8) is 0 Å². The van der Waals surface area contributed by atoms with E-state index in [1.165, 1.54) is 44.1 Å². The minimum absolute atomic E-state index is 0.0747. The number of hydrogen-bond acceptors (Lipinski definition) is 2. The monoisotopic (exact) mass is 375 g/mol. The molecule has 0 heterocycles. The van der Waals surface area contributed by atoms with Crippen molar-refractivity contribution < 1.29 is 8.42 Å². The Labute approximate surface area is 159 Å². The third-order valence-electron chi connectivity index (χ3n) is 7.39. The van der Waals surface area contributed by atoms with Crippen LogP contribution in [0, 0.1) is 23.2 Å². The standard InChI is InChI=1S/C22H33NO2S/c1-4-21(22-12-16-9-17(13-22)11-18(10-16)14-22)23-26(24,25)20-7-5-19(6-8-20)15(2)3/h5-8,15-18,21,23H,4,9-14H2,1-3H3. The van der Waals surface area contributed by atoms with Crippen LogP contribution in [-0.2, 0) is 10.0 Å². The summed E-state index contributed by atoms with van der Waals surface area (Å²) in [5.41, 5.74) is 1.38. The maximum atomic E-state index is 13.1. The van der Waals surface area contributed by atoms with E-state index in [1.54, 1.807) is 12.1 Å². The molecule has 0 aromatic heterocycles. The highest BCUT2D eigenvalue weighted by Crippen LogP contribution is 2.61. The van der Waals surface area contributed by atoms with E-state index in [-0.39, 0.29) is 11.5 Å². The van der Waals surface area contributed by atoms with Gasteiger partial charge >= 0.3 is 0 Å². The number of benzene rings is 1. The second-order valence-corrected chi connectivity index (χ2v) is 11.3. The van der Waals surface area contributed by atoms with Gasteiger partial charge in [0.1, 0.15) is 0 Å². The Balaban J connectivity index is 1.56. The van der Waals surface area contributed by atoms with Crippen molar-refractivity contribution in [2.75, 3.05) is 0 Å². The summed E-state index contributed by atoms with van der Waals surface area (Å²) in [6.45, 7) is 6.40. The van der Waals surface area contributed by atoms with Gasteiger partial charge in [0.25, 0.3) is 0 Å².